The van der Waals surface area contributed by atoms with E-state index in [1.54, 1.807) is 6.07 Å². The fourth-order valence-corrected chi connectivity index (χ4v) is 2.15. The lowest BCUT2D eigenvalue weighted by molar-refractivity contribution is -0.0498. The first kappa shape index (κ1) is 16.9. The van der Waals surface area contributed by atoms with Crippen LogP contribution in [0.25, 0.3) is 0 Å². The van der Waals surface area contributed by atoms with Gasteiger partial charge < -0.3 is 15.2 Å². The van der Waals surface area contributed by atoms with Crippen LogP contribution in [-0.4, -0.2) is 23.6 Å². The highest BCUT2D eigenvalue weighted by molar-refractivity contribution is 9.10. The Morgan fingerprint density at radius 3 is 2.35 bits per heavy atom. The van der Waals surface area contributed by atoms with Gasteiger partial charge in [0.25, 0.3) is 5.91 Å². The van der Waals surface area contributed by atoms with E-state index in [0.29, 0.717) is 4.47 Å². The van der Waals surface area contributed by atoms with Gasteiger partial charge in [-0.25, -0.2) is 4.79 Å². The average molecular weight is 386 g/mol. The molecular weight excluding hydrogens is 376 g/mol. The minimum atomic E-state index is -2.95. The molecule has 2 N–H and O–H groups in total. The number of nitrogens with one attached hydrogen (secondary N) is 1. The molecule has 5 nitrogen and oxygen atoms in total. The first-order chi connectivity index (χ1) is 10.9. The van der Waals surface area contributed by atoms with Crippen molar-refractivity contribution in [2.75, 3.05) is 5.32 Å². The van der Waals surface area contributed by atoms with Crippen LogP contribution in [0.5, 0.6) is 5.75 Å². The molecule has 0 aliphatic rings. The number of anilines is 1. The van der Waals surface area contributed by atoms with Gasteiger partial charge in [-0.2, -0.15) is 8.78 Å². The summed E-state index contributed by atoms with van der Waals surface area (Å²) in [5, 5.41) is 11.6. The van der Waals surface area contributed by atoms with Crippen LogP contribution in [0.4, 0.5) is 14.5 Å². The number of hydrogen-bond donors (Lipinski definition) is 2. The van der Waals surface area contributed by atoms with Gasteiger partial charge in [-0.15, -0.1) is 0 Å². The first-order valence-electron chi connectivity index (χ1n) is 6.26. The molecule has 0 spiro atoms. The van der Waals surface area contributed by atoms with Gasteiger partial charge in [-0.1, -0.05) is 15.9 Å². The predicted octanol–water partition coefficient (Wildman–Crippen LogP) is 4.00. The van der Waals surface area contributed by atoms with Crippen LogP contribution in [0.1, 0.15) is 20.7 Å². The lowest BCUT2D eigenvalue weighted by Crippen LogP contribution is -2.15. The summed E-state index contributed by atoms with van der Waals surface area (Å²) in [6.07, 6.45) is 0. The van der Waals surface area contributed by atoms with Gasteiger partial charge in [0, 0.05) is 10.0 Å². The van der Waals surface area contributed by atoms with Crippen molar-refractivity contribution >= 4 is 33.5 Å². The van der Waals surface area contributed by atoms with Crippen LogP contribution < -0.4 is 10.1 Å². The molecule has 0 saturated carbocycles. The topological polar surface area (TPSA) is 75.6 Å². The van der Waals surface area contributed by atoms with Gasteiger partial charge in [0.2, 0.25) is 0 Å². The van der Waals surface area contributed by atoms with E-state index in [0.717, 1.165) is 0 Å². The van der Waals surface area contributed by atoms with Crippen molar-refractivity contribution in [1.82, 2.24) is 0 Å². The number of ether oxygens (including phenoxy) is 1. The zero-order valence-electron chi connectivity index (χ0n) is 11.4. The first-order valence-corrected chi connectivity index (χ1v) is 7.05. The molecule has 0 fully saturated rings. The minimum Gasteiger partial charge on any atom is -0.478 e. The highest BCUT2D eigenvalue weighted by Crippen LogP contribution is 2.22. The summed E-state index contributed by atoms with van der Waals surface area (Å²) >= 11 is 3.15. The van der Waals surface area contributed by atoms with Crippen molar-refractivity contribution in [3.05, 3.63) is 58.1 Å². The molecule has 120 valence electrons. The van der Waals surface area contributed by atoms with E-state index in [9.17, 15) is 18.4 Å². The summed E-state index contributed by atoms with van der Waals surface area (Å²) in [5.41, 5.74) is 0.217. The van der Waals surface area contributed by atoms with Crippen LogP contribution in [0.15, 0.2) is 46.9 Å². The number of alkyl halides is 2. The van der Waals surface area contributed by atoms with Crippen molar-refractivity contribution in [2.45, 2.75) is 6.61 Å². The molecule has 2 aromatic rings. The molecule has 2 rings (SSSR count). The molecule has 0 aromatic heterocycles. The highest BCUT2D eigenvalue weighted by Gasteiger charge is 2.14. The summed E-state index contributed by atoms with van der Waals surface area (Å²) in [7, 11) is 0. The largest absolute Gasteiger partial charge is 0.478 e. The molecule has 0 bridgehead atoms. The monoisotopic (exact) mass is 385 g/mol. The maximum Gasteiger partial charge on any atom is 0.387 e. The molecule has 0 heterocycles. The summed E-state index contributed by atoms with van der Waals surface area (Å²) in [5.74, 6) is -1.84. The van der Waals surface area contributed by atoms with Crippen LogP contribution in [0.3, 0.4) is 0 Å². The van der Waals surface area contributed by atoms with Crippen LogP contribution in [0, 0.1) is 0 Å². The molecule has 0 atom stereocenters. The number of carbonyl (C=O) groups excluding carboxylic acids is 1. The summed E-state index contributed by atoms with van der Waals surface area (Å²) in [6.45, 7) is -2.95. The number of amides is 1. The number of carboxylic acid groups (broad SMARTS) is 1. The number of carboxylic acids is 1. The Morgan fingerprint density at radius 1 is 1.13 bits per heavy atom. The van der Waals surface area contributed by atoms with E-state index >= 15 is 0 Å². The summed E-state index contributed by atoms with van der Waals surface area (Å²) in [4.78, 5) is 23.3. The molecular formula is C15H10BrF2NO4. The second-order valence-electron chi connectivity index (χ2n) is 4.35. The maximum absolute atomic E-state index is 12.1. The van der Waals surface area contributed by atoms with E-state index in [1.165, 1.54) is 36.4 Å². The van der Waals surface area contributed by atoms with E-state index in [1.807, 2.05) is 0 Å². The van der Waals surface area contributed by atoms with Gasteiger partial charge in [0.1, 0.15) is 5.75 Å². The zero-order chi connectivity index (χ0) is 17.0. The number of rotatable bonds is 5. The third kappa shape index (κ3) is 4.49. The van der Waals surface area contributed by atoms with Crippen molar-refractivity contribution in [1.29, 1.82) is 0 Å². The van der Waals surface area contributed by atoms with Gasteiger partial charge >= 0.3 is 12.6 Å². The third-order valence-corrected chi connectivity index (χ3v) is 3.30. The van der Waals surface area contributed by atoms with Gasteiger partial charge in [-0.3, -0.25) is 4.79 Å². The Balaban J connectivity index is 2.18. The molecule has 0 saturated heterocycles. The highest BCUT2D eigenvalue weighted by atomic mass is 79.9. The van der Waals surface area contributed by atoms with Crippen LogP contribution in [-0.2, 0) is 0 Å². The van der Waals surface area contributed by atoms with Gasteiger partial charge in [0.15, 0.2) is 0 Å². The van der Waals surface area contributed by atoms with Gasteiger partial charge in [-0.05, 0) is 42.5 Å². The number of benzene rings is 2. The van der Waals surface area contributed by atoms with E-state index in [2.05, 4.69) is 26.0 Å². The molecule has 0 aliphatic heterocycles. The SMILES string of the molecule is O=C(Nc1ccc(Br)cc1C(=O)O)c1ccc(OC(F)F)cc1. The zero-order valence-corrected chi connectivity index (χ0v) is 13.0. The second kappa shape index (κ2) is 7.19. The summed E-state index contributed by atoms with van der Waals surface area (Å²) in [6, 6.07) is 9.43. The molecule has 2 aromatic carbocycles. The van der Waals surface area contributed by atoms with E-state index in [4.69, 9.17) is 5.11 Å². The van der Waals surface area contributed by atoms with Crippen molar-refractivity contribution in [2.24, 2.45) is 0 Å². The van der Waals surface area contributed by atoms with Crippen LogP contribution >= 0.6 is 15.9 Å². The summed E-state index contributed by atoms with van der Waals surface area (Å²) < 4.78 is 28.9. The van der Waals surface area contributed by atoms with Gasteiger partial charge in [0.05, 0.1) is 11.3 Å². The minimum absolute atomic E-state index is 0.0774. The van der Waals surface area contributed by atoms with Crippen molar-refractivity contribution < 1.29 is 28.2 Å². The average Bonchev–Trinajstić information content (AvgIpc) is 2.49. The molecule has 0 aliphatic carbocycles. The fourth-order valence-electron chi connectivity index (χ4n) is 1.78. The van der Waals surface area contributed by atoms with Crippen molar-refractivity contribution in [3.63, 3.8) is 0 Å². The number of halogens is 3. The molecule has 0 unspecified atom stereocenters. The molecule has 1 amide bonds. The van der Waals surface area contributed by atoms with E-state index in [-0.39, 0.29) is 22.6 Å². The standard InChI is InChI=1S/C15H10BrF2NO4/c16-9-3-6-12(11(7-9)14(21)22)19-13(20)8-1-4-10(5-2-8)23-15(17)18/h1-7,15H,(H,19,20)(H,21,22). The Morgan fingerprint density at radius 2 is 1.78 bits per heavy atom. The maximum atomic E-state index is 12.1. The Kier molecular flexibility index (Phi) is 5.28. The number of hydrogen-bond acceptors (Lipinski definition) is 3. The van der Waals surface area contributed by atoms with Crippen molar-refractivity contribution in [3.8, 4) is 5.75 Å². The number of aromatic carboxylic acids is 1. The van der Waals surface area contributed by atoms with E-state index < -0.39 is 18.5 Å². The lowest BCUT2D eigenvalue weighted by Gasteiger charge is -2.10. The Labute approximate surface area is 138 Å². The lowest BCUT2D eigenvalue weighted by atomic mass is 10.1. The normalized spacial score (nSPS) is 10.4. The third-order valence-electron chi connectivity index (χ3n) is 2.80. The fraction of sp³-hybridized carbons (Fsp3) is 0.0667. The van der Waals surface area contributed by atoms with Crippen LogP contribution in [0.2, 0.25) is 0 Å². The quantitative estimate of drug-likeness (QED) is 0.815. The second-order valence-corrected chi connectivity index (χ2v) is 5.27. The molecule has 0 radical (unpaired) electrons. The predicted molar refractivity (Wildman–Crippen MR) is 82.1 cm³/mol. The Bertz CT molecular complexity index is 735. The smallest absolute Gasteiger partial charge is 0.387 e. The molecule has 8 heteroatoms. The molecule has 23 heavy (non-hydrogen) atoms. The number of carbonyl (C=O) groups is 2. The Hall–Kier alpha value is -2.48.